The second-order valence-corrected chi connectivity index (χ2v) is 8.52. The maximum atomic E-state index is 12.6. The van der Waals surface area contributed by atoms with Gasteiger partial charge in [-0.05, 0) is 24.3 Å². The third-order valence-electron chi connectivity index (χ3n) is 5.13. The van der Waals surface area contributed by atoms with Crippen molar-refractivity contribution in [3.8, 4) is 0 Å². The summed E-state index contributed by atoms with van der Waals surface area (Å²) in [5.74, 6) is -0.0448. The number of hydrogen-bond acceptors (Lipinski definition) is 5. The van der Waals surface area contributed by atoms with E-state index in [-0.39, 0.29) is 18.5 Å². The number of benzene rings is 1. The van der Waals surface area contributed by atoms with Crippen molar-refractivity contribution in [3.63, 3.8) is 0 Å². The largest absolute Gasteiger partial charge is 0.339 e. The molecule has 0 bridgehead atoms. The predicted octanol–water partition coefficient (Wildman–Crippen LogP) is 2.08. The molecule has 10 heteroatoms. The number of likely N-dealkylation sites (N-methyl/N-ethyl adjacent to an activating group) is 1. The van der Waals surface area contributed by atoms with Gasteiger partial charge in [0.05, 0.1) is 0 Å². The number of urea groups is 1. The molecule has 0 unspecified atom stereocenters. The van der Waals surface area contributed by atoms with Crippen molar-refractivity contribution in [1.82, 2.24) is 19.3 Å². The molecule has 0 saturated carbocycles. The van der Waals surface area contributed by atoms with Crippen LogP contribution >= 0.6 is 22.9 Å². The summed E-state index contributed by atoms with van der Waals surface area (Å²) in [6.45, 7) is 3.81. The molecule has 30 heavy (non-hydrogen) atoms. The zero-order chi connectivity index (χ0) is 21.7. The Bertz CT molecular complexity index is 947. The second-order valence-electron chi connectivity index (χ2n) is 7.24. The van der Waals surface area contributed by atoms with Crippen LogP contribution in [-0.2, 0) is 18.4 Å². The molecule has 1 aliphatic heterocycles. The molecule has 8 nitrogen and oxygen atoms in total. The standard InChI is InChI=1S/C20H27ClN6O2S/c1-22-20-25(3)17(14-30-20)12-26-8-10-27(11-9-26)18(28)13-24(2)19(29)23-16-6-4-15(21)5-7-16/h4-7,14H,8-13H2,1-3H3,(H,23,29)/b22-20-. The van der Waals surface area contributed by atoms with Gasteiger partial charge in [0.15, 0.2) is 4.80 Å². The van der Waals surface area contributed by atoms with E-state index in [1.165, 1.54) is 10.6 Å². The van der Waals surface area contributed by atoms with Crippen LogP contribution in [0, 0.1) is 0 Å². The highest BCUT2D eigenvalue weighted by Crippen LogP contribution is 2.14. The van der Waals surface area contributed by atoms with Gasteiger partial charge < -0.3 is 19.7 Å². The number of piperazine rings is 1. The van der Waals surface area contributed by atoms with Gasteiger partial charge in [0.25, 0.3) is 0 Å². The van der Waals surface area contributed by atoms with Crippen LogP contribution in [-0.4, -0.2) is 78.0 Å². The van der Waals surface area contributed by atoms with E-state index in [1.54, 1.807) is 49.7 Å². The fourth-order valence-electron chi connectivity index (χ4n) is 3.26. The number of nitrogens with one attached hydrogen (secondary N) is 1. The van der Waals surface area contributed by atoms with Gasteiger partial charge in [-0.25, -0.2) is 4.79 Å². The highest BCUT2D eigenvalue weighted by molar-refractivity contribution is 7.07. The van der Waals surface area contributed by atoms with Crippen molar-refractivity contribution in [2.75, 3.05) is 52.1 Å². The lowest BCUT2D eigenvalue weighted by Crippen LogP contribution is -2.51. The fraction of sp³-hybridized carbons (Fsp3) is 0.450. The molecule has 0 aliphatic carbocycles. The van der Waals surface area contributed by atoms with E-state index in [1.807, 2.05) is 11.9 Å². The first kappa shape index (κ1) is 22.3. The lowest BCUT2D eigenvalue weighted by molar-refractivity contribution is -0.133. The fourth-order valence-corrected chi connectivity index (χ4v) is 4.24. The van der Waals surface area contributed by atoms with E-state index in [9.17, 15) is 9.59 Å². The molecule has 0 spiro atoms. The maximum absolute atomic E-state index is 12.6. The summed E-state index contributed by atoms with van der Waals surface area (Å²) in [5.41, 5.74) is 1.86. The van der Waals surface area contributed by atoms with Crippen LogP contribution in [0.3, 0.4) is 0 Å². The van der Waals surface area contributed by atoms with Crippen LogP contribution in [0.4, 0.5) is 10.5 Å². The summed E-state index contributed by atoms with van der Waals surface area (Å²) in [4.78, 5) is 35.8. The number of anilines is 1. The average molecular weight is 451 g/mol. The number of rotatable bonds is 5. The molecule has 1 saturated heterocycles. The van der Waals surface area contributed by atoms with Gasteiger partial charge in [0, 0.05) is 75.7 Å². The number of carbonyl (C=O) groups excluding carboxylic acids is 2. The van der Waals surface area contributed by atoms with Crippen LogP contribution < -0.4 is 10.1 Å². The summed E-state index contributed by atoms with van der Waals surface area (Å²) in [7, 11) is 5.44. The van der Waals surface area contributed by atoms with Gasteiger partial charge in [0.2, 0.25) is 5.91 Å². The molecule has 1 aliphatic rings. The van der Waals surface area contributed by atoms with E-state index in [0.29, 0.717) is 23.8 Å². The van der Waals surface area contributed by atoms with Gasteiger partial charge in [-0.1, -0.05) is 11.6 Å². The van der Waals surface area contributed by atoms with Crippen molar-refractivity contribution in [3.05, 3.63) is 45.2 Å². The molecule has 1 fully saturated rings. The Morgan fingerprint density at radius 3 is 2.47 bits per heavy atom. The van der Waals surface area contributed by atoms with Crippen molar-refractivity contribution < 1.29 is 9.59 Å². The molecule has 162 valence electrons. The Balaban J connectivity index is 1.45. The van der Waals surface area contributed by atoms with Crippen LogP contribution in [0.5, 0.6) is 0 Å². The Morgan fingerprint density at radius 1 is 1.20 bits per heavy atom. The molecule has 0 atom stereocenters. The zero-order valence-electron chi connectivity index (χ0n) is 17.5. The Labute approximate surface area is 185 Å². The molecular weight excluding hydrogens is 424 g/mol. The third-order valence-corrected chi connectivity index (χ3v) is 6.44. The predicted molar refractivity (Wildman–Crippen MR) is 120 cm³/mol. The van der Waals surface area contributed by atoms with Crippen molar-refractivity contribution in [1.29, 1.82) is 0 Å². The van der Waals surface area contributed by atoms with Gasteiger partial charge in [-0.15, -0.1) is 11.3 Å². The van der Waals surface area contributed by atoms with Gasteiger partial charge in [0.1, 0.15) is 6.54 Å². The summed E-state index contributed by atoms with van der Waals surface area (Å²) in [6.07, 6.45) is 0. The SMILES string of the molecule is C/N=c1\scc(CN2CCN(C(=O)CN(C)C(=O)Nc3ccc(Cl)cc3)CC2)n1C. The van der Waals surface area contributed by atoms with Crippen LogP contribution in [0.1, 0.15) is 5.69 Å². The zero-order valence-corrected chi connectivity index (χ0v) is 19.0. The third kappa shape index (κ3) is 5.62. The first-order valence-corrected chi connectivity index (χ1v) is 11.0. The van der Waals surface area contributed by atoms with Crippen molar-refractivity contribution >= 4 is 40.6 Å². The smallest absolute Gasteiger partial charge is 0.322 e. The Morgan fingerprint density at radius 2 is 1.87 bits per heavy atom. The van der Waals surface area contributed by atoms with Gasteiger partial charge in [-0.2, -0.15) is 0 Å². The normalized spacial score (nSPS) is 15.3. The number of hydrogen-bond donors (Lipinski definition) is 1. The maximum Gasteiger partial charge on any atom is 0.322 e. The number of nitrogens with zero attached hydrogens (tertiary/aromatic N) is 5. The number of aromatic nitrogens is 1. The van der Waals surface area contributed by atoms with E-state index in [0.717, 1.165) is 24.4 Å². The molecule has 3 amide bonds. The molecule has 1 N–H and O–H groups in total. The minimum absolute atomic E-state index is 0.0419. The minimum atomic E-state index is -0.327. The monoisotopic (exact) mass is 450 g/mol. The topological polar surface area (TPSA) is 73.2 Å². The van der Waals surface area contributed by atoms with E-state index in [2.05, 4.69) is 25.2 Å². The first-order chi connectivity index (χ1) is 14.4. The average Bonchev–Trinajstić information content (AvgIpc) is 3.09. The summed E-state index contributed by atoms with van der Waals surface area (Å²) in [5, 5.41) is 5.50. The van der Waals surface area contributed by atoms with Crippen LogP contribution in [0.15, 0.2) is 34.6 Å². The minimum Gasteiger partial charge on any atom is -0.339 e. The molecule has 3 rings (SSSR count). The second kappa shape index (κ2) is 10.1. The van der Waals surface area contributed by atoms with Gasteiger partial charge in [-0.3, -0.25) is 14.7 Å². The molecule has 1 aromatic carbocycles. The van der Waals surface area contributed by atoms with E-state index in [4.69, 9.17) is 11.6 Å². The summed E-state index contributed by atoms with van der Waals surface area (Å²) in [6, 6.07) is 6.53. The number of amides is 3. The summed E-state index contributed by atoms with van der Waals surface area (Å²) >= 11 is 7.49. The lowest BCUT2D eigenvalue weighted by atomic mass is 10.3. The summed E-state index contributed by atoms with van der Waals surface area (Å²) < 4.78 is 2.11. The van der Waals surface area contributed by atoms with Crippen molar-refractivity contribution in [2.24, 2.45) is 12.0 Å². The van der Waals surface area contributed by atoms with E-state index >= 15 is 0 Å². The quantitative estimate of drug-likeness (QED) is 0.758. The van der Waals surface area contributed by atoms with Crippen molar-refractivity contribution in [2.45, 2.75) is 6.54 Å². The highest BCUT2D eigenvalue weighted by atomic mass is 35.5. The lowest BCUT2D eigenvalue weighted by Gasteiger charge is -2.35. The molecule has 0 radical (unpaired) electrons. The number of halogens is 1. The Hall–Kier alpha value is -2.36. The number of carbonyl (C=O) groups is 2. The van der Waals surface area contributed by atoms with Gasteiger partial charge >= 0.3 is 6.03 Å². The molecule has 1 aromatic heterocycles. The molecule has 2 aromatic rings. The Kier molecular flexibility index (Phi) is 7.52. The first-order valence-electron chi connectivity index (χ1n) is 9.71. The molecular formula is C20H27ClN6O2S. The van der Waals surface area contributed by atoms with E-state index < -0.39 is 0 Å². The van der Waals surface area contributed by atoms with Crippen LogP contribution in [0.2, 0.25) is 5.02 Å². The molecule has 2 heterocycles. The highest BCUT2D eigenvalue weighted by Gasteiger charge is 2.23. The number of thiazole rings is 1. The van der Waals surface area contributed by atoms with Crippen LogP contribution in [0.25, 0.3) is 0 Å².